The number of rotatable bonds is 4. The van der Waals surface area contributed by atoms with Crippen molar-refractivity contribution in [2.24, 2.45) is 0 Å². The standard InChI is InChI=1S/C14H10F3N3O3/c15-7-1-3-9(13(16)17)10(5-7)14(21)19-12-6-8(20(22)23)2-4-11(12)18/h1-6,13H,18H2,(H,19,21). The monoisotopic (exact) mass is 325 g/mol. The van der Waals surface area contributed by atoms with E-state index in [4.69, 9.17) is 5.73 Å². The van der Waals surface area contributed by atoms with Crippen molar-refractivity contribution in [2.45, 2.75) is 6.43 Å². The first kappa shape index (κ1) is 16.3. The molecule has 2 aromatic rings. The van der Waals surface area contributed by atoms with E-state index in [0.29, 0.717) is 6.07 Å². The lowest BCUT2D eigenvalue weighted by Gasteiger charge is -2.11. The Hall–Kier alpha value is -3.10. The Balaban J connectivity index is 2.38. The fraction of sp³-hybridized carbons (Fsp3) is 0.0714. The van der Waals surface area contributed by atoms with Crippen LogP contribution in [0.15, 0.2) is 36.4 Å². The smallest absolute Gasteiger partial charge is 0.271 e. The number of amides is 1. The Labute approximate surface area is 127 Å². The molecule has 0 atom stereocenters. The third-order valence-corrected chi connectivity index (χ3v) is 2.99. The van der Waals surface area contributed by atoms with Crippen LogP contribution >= 0.6 is 0 Å². The van der Waals surface area contributed by atoms with Crippen LogP contribution in [0.1, 0.15) is 22.3 Å². The number of benzene rings is 2. The summed E-state index contributed by atoms with van der Waals surface area (Å²) in [5.41, 5.74) is 3.87. The molecule has 0 spiro atoms. The van der Waals surface area contributed by atoms with E-state index >= 15 is 0 Å². The van der Waals surface area contributed by atoms with Gasteiger partial charge < -0.3 is 11.1 Å². The summed E-state index contributed by atoms with van der Waals surface area (Å²) in [4.78, 5) is 22.1. The van der Waals surface area contributed by atoms with Gasteiger partial charge in [-0.1, -0.05) is 0 Å². The topological polar surface area (TPSA) is 98.3 Å². The van der Waals surface area contributed by atoms with Gasteiger partial charge in [-0.2, -0.15) is 0 Å². The number of nitrogens with zero attached hydrogens (tertiary/aromatic N) is 1. The fourth-order valence-electron chi connectivity index (χ4n) is 1.87. The van der Waals surface area contributed by atoms with E-state index in [1.807, 2.05) is 0 Å². The number of hydrogen-bond acceptors (Lipinski definition) is 4. The number of anilines is 2. The third kappa shape index (κ3) is 3.57. The van der Waals surface area contributed by atoms with Gasteiger partial charge in [0.1, 0.15) is 5.82 Å². The van der Waals surface area contributed by atoms with E-state index in [2.05, 4.69) is 5.32 Å². The molecule has 0 heterocycles. The van der Waals surface area contributed by atoms with Crippen LogP contribution in [0.25, 0.3) is 0 Å². The summed E-state index contributed by atoms with van der Waals surface area (Å²) in [6.45, 7) is 0. The summed E-state index contributed by atoms with van der Waals surface area (Å²) in [5.74, 6) is -1.92. The largest absolute Gasteiger partial charge is 0.397 e. The van der Waals surface area contributed by atoms with Crippen molar-refractivity contribution >= 4 is 23.0 Å². The normalized spacial score (nSPS) is 10.6. The van der Waals surface area contributed by atoms with E-state index < -0.39 is 34.2 Å². The third-order valence-electron chi connectivity index (χ3n) is 2.99. The minimum Gasteiger partial charge on any atom is -0.397 e. The zero-order chi connectivity index (χ0) is 17.1. The summed E-state index contributed by atoms with van der Waals surface area (Å²) in [7, 11) is 0. The van der Waals surface area contributed by atoms with Gasteiger partial charge in [-0.15, -0.1) is 0 Å². The Morgan fingerprint density at radius 2 is 1.91 bits per heavy atom. The maximum atomic E-state index is 13.2. The minimum atomic E-state index is -2.99. The van der Waals surface area contributed by atoms with Crippen molar-refractivity contribution in [3.63, 3.8) is 0 Å². The zero-order valence-electron chi connectivity index (χ0n) is 11.4. The van der Waals surface area contributed by atoms with Gasteiger partial charge >= 0.3 is 0 Å². The predicted molar refractivity (Wildman–Crippen MR) is 76.8 cm³/mol. The van der Waals surface area contributed by atoms with Gasteiger partial charge in [-0.3, -0.25) is 14.9 Å². The van der Waals surface area contributed by atoms with Gasteiger partial charge in [0.15, 0.2) is 0 Å². The summed E-state index contributed by atoms with van der Waals surface area (Å²) in [6.07, 6.45) is -2.99. The van der Waals surface area contributed by atoms with E-state index in [9.17, 15) is 28.1 Å². The molecule has 0 saturated heterocycles. The molecule has 0 fully saturated rings. The number of non-ortho nitro benzene ring substituents is 1. The second-order valence-electron chi connectivity index (χ2n) is 4.52. The Kier molecular flexibility index (Phi) is 4.49. The first-order chi connectivity index (χ1) is 10.8. The van der Waals surface area contributed by atoms with Crippen molar-refractivity contribution in [3.8, 4) is 0 Å². The van der Waals surface area contributed by atoms with Crippen LogP contribution in [0.2, 0.25) is 0 Å². The molecule has 1 amide bonds. The Morgan fingerprint density at radius 3 is 2.52 bits per heavy atom. The first-order valence-electron chi connectivity index (χ1n) is 6.22. The number of carbonyl (C=O) groups is 1. The van der Waals surface area contributed by atoms with Crippen LogP contribution in [0, 0.1) is 15.9 Å². The molecule has 120 valence electrons. The number of carbonyl (C=O) groups excluding carboxylic acids is 1. The molecule has 0 bridgehead atoms. The highest BCUT2D eigenvalue weighted by molar-refractivity contribution is 6.07. The summed E-state index contributed by atoms with van der Waals surface area (Å²) < 4.78 is 39.0. The molecule has 0 aliphatic carbocycles. The second kappa shape index (κ2) is 6.34. The maximum absolute atomic E-state index is 13.2. The van der Waals surface area contributed by atoms with Gasteiger partial charge in [-0.25, -0.2) is 13.2 Å². The molecule has 0 aliphatic heterocycles. The minimum absolute atomic E-state index is 0.000972. The van der Waals surface area contributed by atoms with Crippen molar-refractivity contribution in [3.05, 3.63) is 63.5 Å². The van der Waals surface area contributed by atoms with Crippen LogP contribution < -0.4 is 11.1 Å². The molecule has 3 N–H and O–H groups in total. The highest BCUT2D eigenvalue weighted by Gasteiger charge is 2.20. The van der Waals surface area contributed by atoms with Gasteiger partial charge in [0, 0.05) is 17.7 Å². The van der Waals surface area contributed by atoms with Crippen molar-refractivity contribution in [1.82, 2.24) is 0 Å². The number of nitrogens with two attached hydrogens (primary N) is 1. The molecule has 6 nitrogen and oxygen atoms in total. The molecule has 23 heavy (non-hydrogen) atoms. The molecule has 2 rings (SSSR count). The van der Waals surface area contributed by atoms with E-state index in [1.54, 1.807) is 0 Å². The number of nitrogen functional groups attached to an aromatic ring is 1. The number of nitrogens with one attached hydrogen (secondary N) is 1. The van der Waals surface area contributed by atoms with Crippen molar-refractivity contribution in [1.29, 1.82) is 0 Å². The Bertz CT molecular complexity index is 781. The predicted octanol–water partition coefficient (Wildman–Crippen LogP) is 3.51. The first-order valence-corrected chi connectivity index (χ1v) is 6.22. The lowest BCUT2D eigenvalue weighted by molar-refractivity contribution is -0.384. The molecule has 0 aliphatic rings. The number of hydrogen-bond donors (Lipinski definition) is 2. The molecule has 9 heteroatoms. The van der Waals surface area contributed by atoms with Gasteiger partial charge in [0.2, 0.25) is 0 Å². The molecule has 0 saturated carbocycles. The van der Waals surface area contributed by atoms with Crippen LogP contribution in [0.5, 0.6) is 0 Å². The highest BCUT2D eigenvalue weighted by atomic mass is 19.3. The maximum Gasteiger partial charge on any atom is 0.271 e. The van der Waals surface area contributed by atoms with E-state index in [1.165, 1.54) is 6.07 Å². The molecule has 2 aromatic carbocycles. The number of alkyl halides is 2. The number of nitro benzene ring substituents is 1. The lowest BCUT2D eigenvalue weighted by atomic mass is 10.1. The summed E-state index contributed by atoms with van der Waals surface area (Å²) in [5, 5.41) is 12.9. The SMILES string of the molecule is Nc1ccc([N+](=O)[O-])cc1NC(=O)c1cc(F)ccc1C(F)F. The van der Waals surface area contributed by atoms with E-state index in [-0.39, 0.29) is 17.1 Å². The van der Waals surface area contributed by atoms with Crippen LogP contribution in [0.4, 0.5) is 30.2 Å². The molecular weight excluding hydrogens is 315 g/mol. The van der Waals surface area contributed by atoms with Gasteiger partial charge in [0.25, 0.3) is 18.0 Å². The number of halogens is 3. The van der Waals surface area contributed by atoms with Crippen LogP contribution in [-0.2, 0) is 0 Å². The summed E-state index contributed by atoms with van der Waals surface area (Å²) in [6, 6.07) is 5.55. The van der Waals surface area contributed by atoms with Gasteiger partial charge in [-0.05, 0) is 24.3 Å². The highest BCUT2D eigenvalue weighted by Crippen LogP contribution is 2.27. The molecule has 0 unspecified atom stereocenters. The zero-order valence-corrected chi connectivity index (χ0v) is 11.4. The van der Waals surface area contributed by atoms with Crippen molar-refractivity contribution < 1.29 is 22.9 Å². The Morgan fingerprint density at radius 1 is 1.22 bits per heavy atom. The lowest BCUT2D eigenvalue weighted by Crippen LogP contribution is -2.16. The molecular formula is C14H10F3N3O3. The average molecular weight is 325 g/mol. The van der Waals surface area contributed by atoms with E-state index in [0.717, 1.165) is 24.3 Å². The fourth-order valence-corrected chi connectivity index (χ4v) is 1.87. The molecule has 0 radical (unpaired) electrons. The summed E-state index contributed by atoms with van der Waals surface area (Å²) >= 11 is 0. The van der Waals surface area contributed by atoms with Gasteiger partial charge in [0.05, 0.1) is 21.9 Å². The second-order valence-corrected chi connectivity index (χ2v) is 4.52. The van der Waals surface area contributed by atoms with Crippen LogP contribution in [0.3, 0.4) is 0 Å². The average Bonchev–Trinajstić information content (AvgIpc) is 2.48. The van der Waals surface area contributed by atoms with Crippen molar-refractivity contribution in [2.75, 3.05) is 11.1 Å². The molecule has 0 aromatic heterocycles. The van der Waals surface area contributed by atoms with Crippen LogP contribution in [-0.4, -0.2) is 10.8 Å². The number of nitro groups is 1. The quantitative estimate of drug-likeness (QED) is 0.510.